The van der Waals surface area contributed by atoms with Crippen LogP contribution in [-0.4, -0.2) is 67.2 Å². The molecule has 3 aromatic rings. The van der Waals surface area contributed by atoms with Crippen LogP contribution in [0.2, 0.25) is 0 Å². The van der Waals surface area contributed by atoms with Crippen molar-refractivity contribution in [1.29, 1.82) is 0 Å². The van der Waals surface area contributed by atoms with Crippen molar-refractivity contribution >= 4 is 5.91 Å². The molecule has 2 heterocycles. The van der Waals surface area contributed by atoms with Crippen LogP contribution in [-0.2, 0) is 29.6 Å². The number of fused-ring (bicyclic) bond motifs is 3. The Kier molecular flexibility index (Phi) is 10.3. The Bertz CT molecular complexity index is 1460. The largest absolute Gasteiger partial charge is 0.497 e. The summed E-state index contributed by atoms with van der Waals surface area (Å²) in [4.78, 5) is 18.7. The van der Waals surface area contributed by atoms with Gasteiger partial charge in [-0.3, -0.25) is 14.6 Å². The maximum absolute atomic E-state index is 13.5. The Balaban J connectivity index is 1.13. The third-order valence-corrected chi connectivity index (χ3v) is 10.8. The van der Waals surface area contributed by atoms with Crippen LogP contribution in [0.4, 0.5) is 0 Å². The second-order valence-corrected chi connectivity index (χ2v) is 14.3. The normalized spacial score (nSPS) is 24.8. The molecule has 4 atom stereocenters. The molecule has 46 heavy (non-hydrogen) atoms. The first-order chi connectivity index (χ1) is 22.3. The third-order valence-electron chi connectivity index (χ3n) is 10.8. The van der Waals surface area contributed by atoms with Crippen molar-refractivity contribution in [1.82, 2.24) is 15.1 Å². The molecule has 3 aromatic carbocycles. The zero-order valence-electron chi connectivity index (χ0n) is 28.3. The van der Waals surface area contributed by atoms with Gasteiger partial charge in [0.1, 0.15) is 11.5 Å². The topological polar surface area (TPSA) is 54.0 Å². The van der Waals surface area contributed by atoms with E-state index in [1.54, 1.807) is 7.11 Å². The summed E-state index contributed by atoms with van der Waals surface area (Å²) in [6.45, 7) is 11.5. The van der Waals surface area contributed by atoms with Crippen LogP contribution in [0.15, 0.2) is 72.8 Å². The number of carbonyl (C=O) groups is 1. The summed E-state index contributed by atoms with van der Waals surface area (Å²) in [6.07, 6.45) is 7.07. The van der Waals surface area contributed by atoms with Crippen molar-refractivity contribution in [2.45, 2.75) is 95.9 Å². The molecule has 0 unspecified atom stereocenters. The molecule has 1 amide bonds. The molecule has 6 nitrogen and oxygen atoms in total. The molecule has 1 saturated heterocycles. The van der Waals surface area contributed by atoms with Gasteiger partial charge in [-0.25, -0.2) is 0 Å². The lowest BCUT2D eigenvalue weighted by Crippen LogP contribution is -2.61. The minimum absolute atomic E-state index is 0.0186. The van der Waals surface area contributed by atoms with Gasteiger partial charge in [0.15, 0.2) is 0 Å². The highest BCUT2D eigenvalue weighted by Gasteiger charge is 2.51. The van der Waals surface area contributed by atoms with Crippen molar-refractivity contribution in [3.05, 3.63) is 95.1 Å². The molecule has 2 fully saturated rings. The van der Waals surface area contributed by atoms with Gasteiger partial charge in [-0.15, -0.1) is 0 Å². The maximum Gasteiger partial charge on any atom is 0.221 e. The molecule has 1 N–H and O–H groups in total. The van der Waals surface area contributed by atoms with Crippen LogP contribution in [0.5, 0.6) is 11.5 Å². The number of methoxy groups -OCH3 is 1. The molecular formula is C40H53N3O3. The van der Waals surface area contributed by atoms with Crippen LogP contribution < -0.4 is 14.8 Å². The van der Waals surface area contributed by atoms with Gasteiger partial charge in [-0.2, -0.15) is 0 Å². The molecule has 2 aliphatic heterocycles. The Morgan fingerprint density at radius 1 is 0.978 bits per heavy atom. The van der Waals surface area contributed by atoms with E-state index in [0.29, 0.717) is 18.4 Å². The van der Waals surface area contributed by atoms with Crippen molar-refractivity contribution in [3.63, 3.8) is 0 Å². The van der Waals surface area contributed by atoms with Gasteiger partial charge < -0.3 is 14.8 Å². The van der Waals surface area contributed by atoms with E-state index < -0.39 is 0 Å². The van der Waals surface area contributed by atoms with E-state index in [-0.39, 0.29) is 23.5 Å². The van der Waals surface area contributed by atoms with Crippen LogP contribution in [0.1, 0.15) is 75.1 Å². The van der Waals surface area contributed by atoms with E-state index in [4.69, 9.17) is 9.47 Å². The lowest BCUT2D eigenvalue weighted by atomic mass is 9.57. The van der Waals surface area contributed by atoms with E-state index in [0.717, 1.165) is 82.7 Å². The fourth-order valence-corrected chi connectivity index (χ4v) is 8.45. The summed E-state index contributed by atoms with van der Waals surface area (Å²) in [5.74, 6) is 2.52. The summed E-state index contributed by atoms with van der Waals surface area (Å²) >= 11 is 0. The standard InChI is InChI=1S/C40H53N3O3/c1-29(2)46-38-14-8-13-34(23-38)40-25-35(24-36(26-40)43(27-30(40)3)19-9-12-31-10-6-5-7-11-31)41-39(44)18-21-42-20-17-32-22-37(45-4)16-15-33(32)28-42/h5-8,10-11,13-16,22-23,29-30,35-36H,9,12,17-21,24-28H2,1-4H3,(H,41,44)/t30-,35+,36+,40+/m1/s1. The van der Waals surface area contributed by atoms with Crippen LogP contribution in [0, 0.1) is 5.92 Å². The number of carbonyl (C=O) groups excluding carboxylic acids is 1. The number of piperidine rings is 1. The quantitative estimate of drug-likeness (QED) is 0.241. The monoisotopic (exact) mass is 623 g/mol. The highest BCUT2D eigenvalue weighted by Crippen LogP contribution is 2.50. The van der Waals surface area contributed by atoms with Crippen molar-refractivity contribution < 1.29 is 14.3 Å². The summed E-state index contributed by atoms with van der Waals surface area (Å²) < 4.78 is 11.6. The molecule has 0 spiro atoms. The molecule has 2 bridgehead atoms. The van der Waals surface area contributed by atoms with Crippen LogP contribution in [0.3, 0.4) is 0 Å². The van der Waals surface area contributed by atoms with Gasteiger partial charge in [-0.05, 0) is 111 Å². The first-order valence-electron chi connectivity index (χ1n) is 17.5. The Hall–Kier alpha value is -3.35. The second kappa shape index (κ2) is 14.6. The summed E-state index contributed by atoms with van der Waals surface area (Å²) in [6, 6.07) is 26.7. The predicted octanol–water partition coefficient (Wildman–Crippen LogP) is 6.79. The number of ether oxygens (including phenoxy) is 2. The third kappa shape index (κ3) is 7.61. The average Bonchev–Trinajstić information content (AvgIpc) is 3.06. The Morgan fingerprint density at radius 2 is 1.83 bits per heavy atom. The van der Waals surface area contributed by atoms with Gasteiger partial charge >= 0.3 is 0 Å². The summed E-state index contributed by atoms with van der Waals surface area (Å²) in [5, 5.41) is 3.55. The molecule has 246 valence electrons. The van der Waals surface area contributed by atoms with Gasteiger partial charge in [0.05, 0.1) is 13.2 Å². The highest BCUT2D eigenvalue weighted by atomic mass is 16.5. The van der Waals surface area contributed by atoms with E-state index in [1.165, 1.54) is 22.3 Å². The molecule has 3 aliphatic rings. The number of hydrogen-bond donors (Lipinski definition) is 1. The number of aryl methyl sites for hydroxylation is 1. The Morgan fingerprint density at radius 3 is 2.63 bits per heavy atom. The Labute approximate surface area is 276 Å². The van der Waals surface area contributed by atoms with Gasteiger partial charge in [0.2, 0.25) is 5.91 Å². The van der Waals surface area contributed by atoms with Crippen LogP contribution in [0.25, 0.3) is 0 Å². The summed E-state index contributed by atoms with van der Waals surface area (Å²) in [7, 11) is 1.72. The average molecular weight is 624 g/mol. The first kappa shape index (κ1) is 32.6. The fourth-order valence-electron chi connectivity index (χ4n) is 8.45. The van der Waals surface area contributed by atoms with Gasteiger partial charge in [0.25, 0.3) is 0 Å². The smallest absolute Gasteiger partial charge is 0.221 e. The highest BCUT2D eigenvalue weighted by molar-refractivity contribution is 5.76. The number of hydrogen-bond acceptors (Lipinski definition) is 5. The first-order valence-corrected chi connectivity index (χ1v) is 17.5. The summed E-state index contributed by atoms with van der Waals surface area (Å²) in [5.41, 5.74) is 5.51. The second-order valence-electron chi connectivity index (χ2n) is 14.3. The molecular weight excluding hydrogens is 570 g/mol. The van der Waals surface area contributed by atoms with E-state index in [1.807, 2.05) is 6.07 Å². The van der Waals surface area contributed by atoms with E-state index in [2.05, 4.69) is 103 Å². The zero-order chi connectivity index (χ0) is 32.1. The fraction of sp³-hybridized carbons (Fsp3) is 0.525. The predicted molar refractivity (Wildman–Crippen MR) is 186 cm³/mol. The maximum atomic E-state index is 13.5. The molecule has 0 aromatic heterocycles. The minimum atomic E-state index is 0.0186. The number of nitrogens with one attached hydrogen (secondary N) is 1. The molecule has 6 rings (SSSR count). The lowest BCUT2D eigenvalue weighted by Gasteiger charge is -2.56. The number of amides is 1. The van der Waals surface area contributed by atoms with E-state index >= 15 is 0 Å². The SMILES string of the molecule is COc1ccc2c(c1)CCN(CCC(=O)N[C@H]1C[C@H]3C[C@@](c4cccc(OC(C)C)c4)(C1)[C@H](C)CN3CCCc1ccccc1)C2. The molecule has 1 aliphatic carbocycles. The number of likely N-dealkylation sites (tertiary alicyclic amines) is 1. The molecule has 6 heteroatoms. The molecule has 1 saturated carbocycles. The van der Waals surface area contributed by atoms with Crippen LogP contribution >= 0.6 is 0 Å². The minimum Gasteiger partial charge on any atom is -0.497 e. The zero-order valence-corrected chi connectivity index (χ0v) is 28.3. The number of benzene rings is 3. The van der Waals surface area contributed by atoms with Crippen molar-refractivity contribution in [3.8, 4) is 11.5 Å². The lowest BCUT2D eigenvalue weighted by molar-refractivity contribution is -0.123. The van der Waals surface area contributed by atoms with Crippen molar-refractivity contribution in [2.24, 2.45) is 5.92 Å². The van der Waals surface area contributed by atoms with Gasteiger partial charge in [-0.1, -0.05) is 55.5 Å². The van der Waals surface area contributed by atoms with Crippen molar-refractivity contribution in [2.75, 3.05) is 33.3 Å². The molecule has 0 radical (unpaired) electrons. The van der Waals surface area contributed by atoms with E-state index in [9.17, 15) is 4.79 Å². The number of nitrogens with zero attached hydrogens (tertiary/aromatic N) is 2. The van der Waals surface area contributed by atoms with Gasteiger partial charge in [0, 0.05) is 50.1 Å². The number of rotatable bonds is 12.